The monoisotopic (exact) mass is 473 g/mol. The van der Waals surface area contributed by atoms with Crippen LogP contribution in [0, 0.1) is 0 Å². The lowest BCUT2D eigenvalue weighted by atomic mass is 9.98. The molecule has 0 N–H and O–H groups in total. The molecule has 0 radical (unpaired) electrons. The van der Waals surface area contributed by atoms with Crippen LogP contribution in [0.25, 0.3) is 0 Å². The highest BCUT2D eigenvalue weighted by Crippen LogP contribution is 2.36. The van der Waals surface area contributed by atoms with Gasteiger partial charge in [-0.1, -0.05) is 48.5 Å². The Morgan fingerprint density at radius 3 is 2.13 bits per heavy atom. The van der Waals surface area contributed by atoms with Gasteiger partial charge in [0.15, 0.2) is 0 Å². The fourth-order valence-corrected chi connectivity index (χ4v) is 4.51. The molecule has 1 unspecified atom stereocenters. The van der Waals surface area contributed by atoms with Gasteiger partial charge in [0, 0.05) is 12.1 Å². The first kappa shape index (κ1) is 22.5. The molecular formula is C24H28BrNO4. The molecule has 6 heteroatoms. The number of carbonyl (C=O) groups excluding carboxylic acids is 2. The predicted molar refractivity (Wildman–Crippen MR) is 120 cm³/mol. The number of esters is 2. The van der Waals surface area contributed by atoms with Gasteiger partial charge in [-0.05, 0) is 50.4 Å². The molecule has 2 aliphatic rings. The maximum absolute atomic E-state index is 13.0. The average molecular weight is 474 g/mol. The molecule has 160 valence electrons. The van der Waals surface area contributed by atoms with Gasteiger partial charge in [-0.25, -0.2) is 4.79 Å². The lowest BCUT2D eigenvalue weighted by Gasteiger charge is -2.36. The summed E-state index contributed by atoms with van der Waals surface area (Å²) in [5, 5.41) is 0. The molecule has 2 fully saturated rings. The van der Waals surface area contributed by atoms with E-state index < -0.39 is 11.9 Å². The molecule has 2 saturated heterocycles. The third kappa shape index (κ3) is 5.10. The van der Waals surface area contributed by atoms with E-state index in [4.69, 9.17) is 9.47 Å². The summed E-state index contributed by atoms with van der Waals surface area (Å²) in [5.74, 6) is -1.37. The van der Waals surface area contributed by atoms with Crippen LogP contribution in [-0.4, -0.2) is 48.7 Å². The van der Waals surface area contributed by atoms with Crippen LogP contribution in [0.5, 0.6) is 0 Å². The zero-order valence-electron chi connectivity index (χ0n) is 17.1. The SMILES string of the molecule is Br.CN1[C@@H]2CC[C@H]1C[C@@H](OC(=O)C(COC(=O)c1ccccc1)c1ccccc1)C2. The summed E-state index contributed by atoms with van der Waals surface area (Å²) in [4.78, 5) is 27.8. The van der Waals surface area contributed by atoms with Gasteiger partial charge >= 0.3 is 11.9 Å². The largest absolute Gasteiger partial charge is 0.462 e. The minimum Gasteiger partial charge on any atom is -0.462 e. The van der Waals surface area contributed by atoms with Crippen LogP contribution >= 0.6 is 17.0 Å². The number of hydrogen-bond acceptors (Lipinski definition) is 5. The van der Waals surface area contributed by atoms with E-state index in [0.29, 0.717) is 17.6 Å². The van der Waals surface area contributed by atoms with Crippen LogP contribution in [0.1, 0.15) is 47.5 Å². The first-order valence-corrected chi connectivity index (χ1v) is 10.3. The lowest BCUT2D eigenvalue weighted by Crippen LogP contribution is -2.44. The molecule has 4 atom stereocenters. The van der Waals surface area contributed by atoms with Crippen molar-refractivity contribution in [2.75, 3.05) is 13.7 Å². The highest BCUT2D eigenvalue weighted by Gasteiger charge is 2.40. The highest BCUT2D eigenvalue weighted by atomic mass is 79.9. The quantitative estimate of drug-likeness (QED) is 0.582. The van der Waals surface area contributed by atoms with Crippen LogP contribution in [0.15, 0.2) is 60.7 Å². The van der Waals surface area contributed by atoms with Crippen molar-refractivity contribution in [1.82, 2.24) is 4.90 Å². The molecule has 0 saturated carbocycles. The molecule has 0 amide bonds. The fourth-order valence-electron chi connectivity index (χ4n) is 4.51. The smallest absolute Gasteiger partial charge is 0.338 e. The van der Waals surface area contributed by atoms with Crippen molar-refractivity contribution < 1.29 is 19.1 Å². The van der Waals surface area contributed by atoms with Crippen molar-refractivity contribution in [2.24, 2.45) is 0 Å². The van der Waals surface area contributed by atoms with E-state index in [1.807, 2.05) is 36.4 Å². The lowest BCUT2D eigenvalue weighted by molar-refractivity contribution is -0.155. The molecule has 2 bridgehead atoms. The Labute approximate surface area is 188 Å². The Bertz CT molecular complexity index is 831. The van der Waals surface area contributed by atoms with Crippen LogP contribution in [0.3, 0.4) is 0 Å². The number of carbonyl (C=O) groups is 2. The molecule has 0 spiro atoms. The Hall–Kier alpha value is -2.18. The summed E-state index contributed by atoms with van der Waals surface area (Å²) >= 11 is 0. The molecule has 0 aliphatic carbocycles. The van der Waals surface area contributed by atoms with Crippen molar-refractivity contribution in [3.8, 4) is 0 Å². The van der Waals surface area contributed by atoms with Crippen LogP contribution in [0.2, 0.25) is 0 Å². The van der Waals surface area contributed by atoms with E-state index in [1.54, 1.807) is 24.3 Å². The van der Waals surface area contributed by atoms with Gasteiger partial charge in [-0.3, -0.25) is 4.79 Å². The zero-order valence-corrected chi connectivity index (χ0v) is 18.8. The fraction of sp³-hybridized carbons (Fsp3) is 0.417. The molecule has 30 heavy (non-hydrogen) atoms. The van der Waals surface area contributed by atoms with Crippen molar-refractivity contribution in [2.45, 2.75) is 49.8 Å². The molecule has 2 aromatic carbocycles. The molecule has 2 aromatic rings. The first-order chi connectivity index (χ1) is 14.1. The minimum atomic E-state index is -0.624. The Morgan fingerprint density at radius 1 is 0.967 bits per heavy atom. The number of ether oxygens (including phenoxy) is 2. The Morgan fingerprint density at radius 2 is 1.53 bits per heavy atom. The van der Waals surface area contributed by atoms with Crippen LogP contribution in [-0.2, 0) is 14.3 Å². The summed E-state index contributed by atoms with van der Waals surface area (Å²) in [7, 11) is 2.16. The summed E-state index contributed by atoms with van der Waals surface area (Å²) in [5.41, 5.74) is 1.27. The van der Waals surface area contributed by atoms with Crippen LogP contribution in [0.4, 0.5) is 0 Å². The third-order valence-corrected chi connectivity index (χ3v) is 6.21. The molecule has 0 aromatic heterocycles. The minimum absolute atomic E-state index is 0. The second-order valence-corrected chi connectivity index (χ2v) is 8.01. The maximum atomic E-state index is 13.0. The summed E-state index contributed by atoms with van der Waals surface area (Å²) < 4.78 is 11.4. The second-order valence-electron chi connectivity index (χ2n) is 8.01. The van der Waals surface area contributed by atoms with Gasteiger partial charge in [0.05, 0.1) is 5.56 Å². The summed E-state index contributed by atoms with van der Waals surface area (Å²) in [6, 6.07) is 19.2. The highest BCUT2D eigenvalue weighted by molar-refractivity contribution is 8.93. The van der Waals surface area contributed by atoms with Gasteiger partial charge in [0.25, 0.3) is 0 Å². The van der Waals surface area contributed by atoms with Gasteiger partial charge in [0.2, 0.25) is 0 Å². The normalized spacial score (nSPS) is 23.8. The predicted octanol–water partition coefficient (Wildman–Crippen LogP) is 4.37. The topological polar surface area (TPSA) is 55.8 Å². The standard InChI is InChI=1S/C24H27NO4.BrH/c1-25-19-12-13-20(25)15-21(14-19)29-24(27)22(17-8-4-2-5-9-17)16-28-23(26)18-10-6-3-7-11-18;/h2-11,19-22H,12-16H2,1H3;1H/t19-,20+,21+,22?;. The van der Waals surface area contributed by atoms with Crippen molar-refractivity contribution >= 4 is 28.9 Å². The van der Waals surface area contributed by atoms with E-state index in [9.17, 15) is 9.59 Å². The number of fused-ring (bicyclic) bond motifs is 2. The third-order valence-electron chi connectivity index (χ3n) is 6.21. The number of hydrogen-bond donors (Lipinski definition) is 0. The van der Waals surface area contributed by atoms with E-state index in [-0.39, 0.29) is 35.7 Å². The summed E-state index contributed by atoms with van der Waals surface area (Å²) in [6.07, 6.45) is 4.04. The first-order valence-electron chi connectivity index (χ1n) is 10.3. The molecule has 4 rings (SSSR count). The van der Waals surface area contributed by atoms with Crippen molar-refractivity contribution in [1.29, 1.82) is 0 Å². The van der Waals surface area contributed by atoms with E-state index in [0.717, 1.165) is 18.4 Å². The molecule has 2 aliphatic heterocycles. The zero-order chi connectivity index (χ0) is 20.2. The van der Waals surface area contributed by atoms with Crippen molar-refractivity contribution in [3.63, 3.8) is 0 Å². The van der Waals surface area contributed by atoms with Crippen LogP contribution < -0.4 is 0 Å². The Balaban J connectivity index is 0.00000256. The number of benzene rings is 2. The average Bonchev–Trinajstić information content (AvgIpc) is 2.96. The number of rotatable bonds is 6. The van der Waals surface area contributed by atoms with Gasteiger partial charge < -0.3 is 14.4 Å². The van der Waals surface area contributed by atoms with Crippen molar-refractivity contribution in [3.05, 3.63) is 71.8 Å². The molecule has 2 heterocycles. The van der Waals surface area contributed by atoms with E-state index in [2.05, 4.69) is 11.9 Å². The summed E-state index contributed by atoms with van der Waals surface area (Å²) in [6.45, 7) is -0.0317. The Kier molecular flexibility index (Phi) is 7.67. The van der Waals surface area contributed by atoms with Gasteiger partial charge in [-0.2, -0.15) is 0 Å². The molecular weight excluding hydrogens is 446 g/mol. The number of nitrogens with zero attached hydrogens (tertiary/aromatic N) is 1. The van der Waals surface area contributed by atoms with Gasteiger partial charge in [0.1, 0.15) is 18.6 Å². The number of piperidine rings is 1. The maximum Gasteiger partial charge on any atom is 0.338 e. The van der Waals surface area contributed by atoms with Gasteiger partial charge in [-0.15, -0.1) is 17.0 Å². The van der Waals surface area contributed by atoms with E-state index >= 15 is 0 Å². The number of halogens is 1. The molecule has 5 nitrogen and oxygen atoms in total. The van der Waals surface area contributed by atoms with E-state index in [1.165, 1.54) is 12.8 Å². The second kappa shape index (κ2) is 10.2.